The molecule has 0 aromatic heterocycles. The van der Waals surface area contributed by atoms with Crippen LogP contribution in [0, 0.1) is 0 Å². The quantitative estimate of drug-likeness (QED) is 0.0197. The van der Waals surface area contributed by atoms with Crippen molar-refractivity contribution in [1.82, 2.24) is 0 Å². The van der Waals surface area contributed by atoms with Crippen LogP contribution in [0.25, 0.3) is 0 Å². The van der Waals surface area contributed by atoms with Gasteiger partial charge in [0.1, 0.15) is 19.3 Å². The van der Waals surface area contributed by atoms with Gasteiger partial charge in [0.05, 0.1) is 34.4 Å². The average Bonchev–Trinajstić information content (AvgIpc) is 3.22. The zero-order valence-corrected chi connectivity index (χ0v) is 42.0. The van der Waals surface area contributed by atoms with E-state index in [2.05, 4.69) is 38.2 Å². The van der Waals surface area contributed by atoms with Gasteiger partial charge in [-0.15, -0.1) is 0 Å². The highest BCUT2D eigenvalue weighted by Gasteiger charge is 2.20. The third-order valence-electron chi connectivity index (χ3n) is 11.5. The number of phosphoric ester groups is 1. The Labute approximate surface area is 379 Å². The lowest BCUT2D eigenvalue weighted by molar-refractivity contribution is -0.870. The molecule has 2 unspecified atom stereocenters. The molecular formula is C52H102NO7P. The van der Waals surface area contributed by atoms with E-state index in [4.69, 9.17) is 18.5 Å². The lowest BCUT2D eigenvalue weighted by Crippen LogP contribution is -2.37. The zero-order chi connectivity index (χ0) is 44.8. The Balaban J connectivity index is 3.99. The Bertz CT molecular complexity index is 1030. The van der Waals surface area contributed by atoms with Crippen molar-refractivity contribution in [1.29, 1.82) is 0 Å². The molecule has 0 spiro atoms. The van der Waals surface area contributed by atoms with Crippen LogP contribution in [0.5, 0.6) is 0 Å². The molecular weight excluding hydrogens is 782 g/mol. The van der Waals surface area contributed by atoms with Gasteiger partial charge in [0, 0.05) is 13.0 Å². The second kappa shape index (κ2) is 45.5. The van der Waals surface area contributed by atoms with E-state index in [-0.39, 0.29) is 25.8 Å². The molecule has 0 bridgehead atoms. The number of hydrogen-bond acceptors (Lipinski definition) is 7. The molecule has 0 saturated carbocycles. The van der Waals surface area contributed by atoms with Crippen molar-refractivity contribution in [2.45, 2.75) is 251 Å². The number of hydrogen-bond donors (Lipinski definition) is 0. The minimum absolute atomic E-state index is 0.0253. The third kappa shape index (κ3) is 49.8. The molecule has 2 atom stereocenters. The van der Waals surface area contributed by atoms with E-state index in [0.717, 1.165) is 64.2 Å². The van der Waals surface area contributed by atoms with Gasteiger partial charge in [-0.2, -0.15) is 0 Å². The Kier molecular flexibility index (Phi) is 44.8. The Morgan fingerprint density at radius 2 is 0.934 bits per heavy atom. The molecule has 0 aliphatic carbocycles. The Morgan fingerprint density at radius 3 is 1.39 bits per heavy atom. The lowest BCUT2D eigenvalue weighted by atomic mass is 10.0. The van der Waals surface area contributed by atoms with Gasteiger partial charge in [0.15, 0.2) is 0 Å². The molecule has 61 heavy (non-hydrogen) atoms. The van der Waals surface area contributed by atoms with Crippen LogP contribution in [-0.2, 0) is 27.9 Å². The van der Waals surface area contributed by atoms with Crippen molar-refractivity contribution in [2.24, 2.45) is 0 Å². The van der Waals surface area contributed by atoms with Crippen molar-refractivity contribution < 1.29 is 37.3 Å². The van der Waals surface area contributed by atoms with Gasteiger partial charge in [-0.05, 0) is 38.5 Å². The van der Waals surface area contributed by atoms with Gasteiger partial charge in [-0.3, -0.25) is 9.36 Å². The van der Waals surface area contributed by atoms with Crippen molar-refractivity contribution >= 4 is 13.8 Å². The van der Waals surface area contributed by atoms with E-state index in [0.29, 0.717) is 24.1 Å². The molecule has 0 N–H and O–H groups in total. The maximum absolute atomic E-state index is 12.7. The third-order valence-corrected chi connectivity index (χ3v) is 12.5. The number of allylic oxidation sites excluding steroid dienone is 4. The van der Waals surface area contributed by atoms with Crippen molar-refractivity contribution in [3.05, 3.63) is 24.3 Å². The number of nitrogens with zero attached hydrogens (tertiary/aromatic N) is 1. The van der Waals surface area contributed by atoms with E-state index >= 15 is 0 Å². The van der Waals surface area contributed by atoms with Crippen LogP contribution in [0.3, 0.4) is 0 Å². The number of esters is 1. The van der Waals surface area contributed by atoms with Crippen LogP contribution in [0.2, 0.25) is 0 Å². The minimum Gasteiger partial charge on any atom is -0.756 e. The summed E-state index contributed by atoms with van der Waals surface area (Å²) in [6, 6.07) is 0. The van der Waals surface area contributed by atoms with Crippen LogP contribution < -0.4 is 4.89 Å². The van der Waals surface area contributed by atoms with Crippen LogP contribution in [0.4, 0.5) is 0 Å². The van der Waals surface area contributed by atoms with E-state index in [1.165, 1.54) is 161 Å². The van der Waals surface area contributed by atoms with Gasteiger partial charge in [0.25, 0.3) is 7.82 Å². The number of rotatable bonds is 49. The Hall–Kier alpha value is -1.02. The summed E-state index contributed by atoms with van der Waals surface area (Å²) in [4.78, 5) is 25.1. The fourth-order valence-electron chi connectivity index (χ4n) is 7.47. The molecule has 0 aromatic rings. The first-order chi connectivity index (χ1) is 29.6. The predicted molar refractivity (Wildman–Crippen MR) is 259 cm³/mol. The number of carbonyl (C=O) groups is 1. The molecule has 0 aromatic carbocycles. The highest BCUT2D eigenvalue weighted by molar-refractivity contribution is 7.45. The van der Waals surface area contributed by atoms with Crippen molar-refractivity contribution in [2.75, 3.05) is 54.1 Å². The maximum atomic E-state index is 12.7. The summed E-state index contributed by atoms with van der Waals surface area (Å²) < 4.78 is 34.7. The van der Waals surface area contributed by atoms with E-state index in [1.54, 1.807) is 0 Å². The summed E-state index contributed by atoms with van der Waals surface area (Å²) >= 11 is 0. The highest BCUT2D eigenvalue weighted by atomic mass is 31.2. The van der Waals surface area contributed by atoms with Gasteiger partial charge < -0.3 is 27.9 Å². The Morgan fingerprint density at radius 1 is 0.508 bits per heavy atom. The smallest absolute Gasteiger partial charge is 0.306 e. The molecule has 0 rings (SSSR count). The van der Waals surface area contributed by atoms with Gasteiger partial charge in [-0.25, -0.2) is 0 Å². The molecule has 8 nitrogen and oxygen atoms in total. The van der Waals surface area contributed by atoms with Crippen LogP contribution >= 0.6 is 7.82 Å². The number of phosphoric acid groups is 1. The molecule has 0 radical (unpaired) electrons. The van der Waals surface area contributed by atoms with Crippen molar-refractivity contribution in [3.63, 3.8) is 0 Å². The van der Waals surface area contributed by atoms with Crippen LogP contribution in [0.15, 0.2) is 24.3 Å². The first-order valence-electron chi connectivity index (χ1n) is 26.1. The number of ether oxygens (including phenoxy) is 2. The van der Waals surface area contributed by atoms with Gasteiger partial charge in [-0.1, -0.05) is 224 Å². The molecule has 9 heteroatoms. The topological polar surface area (TPSA) is 94.1 Å². The minimum atomic E-state index is -4.53. The highest BCUT2D eigenvalue weighted by Crippen LogP contribution is 2.38. The van der Waals surface area contributed by atoms with Gasteiger partial charge in [0.2, 0.25) is 0 Å². The second-order valence-corrected chi connectivity index (χ2v) is 20.3. The largest absolute Gasteiger partial charge is 0.756 e. The summed E-state index contributed by atoms with van der Waals surface area (Å²) in [5.74, 6) is -0.344. The molecule has 0 aliphatic rings. The number of carbonyl (C=O) groups excluding carboxylic acids is 1. The van der Waals surface area contributed by atoms with Crippen LogP contribution in [0.1, 0.15) is 245 Å². The summed E-state index contributed by atoms with van der Waals surface area (Å²) in [7, 11) is 1.36. The van der Waals surface area contributed by atoms with E-state index in [1.807, 2.05) is 21.1 Å². The summed E-state index contributed by atoms with van der Waals surface area (Å²) in [5.41, 5.74) is 0. The van der Waals surface area contributed by atoms with Crippen LogP contribution in [-0.4, -0.2) is 70.7 Å². The number of likely N-dealkylation sites (N-methyl/N-ethyl adjacent to an activating group) is 1. The summed E-state index contributed by atoms with van der Waals surface area (Å²) in [6.07, 6.45) is 53.6. The molecule has 0 aliphatic heterocycles. The standard InChI is InChI=1S/C52H102NO7P/c1-6-8-10-12-14-16-18-20-21-22-23-24-25-26-27-28-29-30-31-32-34-36-38-40-42-44-47-57-49-51(50-59-61(55,56)58-48-46-53(3,4)5)60-52(54)45-43-41-39-37-35-33-19-17-15-13-11-9-7-2/h11,13,17,19,51H,6-10,12,14-16,18,20-50H2,1-5H3/b13-11-,19-17-. The first-order valence-corrected chi connectivity index (χ1v) is 27.5. The number of quaternary nitrogens is 1. The van der Waals surface area contributed by atoms with E-state index < -0.39 is 13.9 Å². The molecule has 0 fully saturated rings. The SMILES string of the molecule is CCC/C=C\C/C=C\CCCCCCCC(=O)OC(COCCCCCCCCCCCCCCCCCCCCCCCCCCCC)COP(=O)([O-])OCC[N+](C)(C)C. The summed E-state index contributed by atoms with van der Waals surface area (Å²) in [6.45, 7) is 5.37. The molecule has 0 heterocycles. The molecule has 0 saturated heterocycles. The monoisotopic (exact) mass is 884 g/mol. The van der Waals surface area contributed by atoms with Gasteiger partial charge >= 0.3 is 5.97 Å². The number of unbranched alkanes of at least 4 members (excludes halogenated alkanes) is 31. The predicted octanol–water partition coefficient (Wildman–Crippen LogP) is 15.3. The molecule has 362 valence electrons. The molecule has 0 amide bonds. The maximum Gasteiger partial charge on any atom is 0.306 e. The zero-order valence-electron chi connectivity index (χ0n) is 41.1. The lowest BCUT2D eigenvalue weighted by Gasteiger charge is -2.28. The summed E-state index contributed by atoms with van der Waals surface area (Å²) in [5, 5.41) is 0. The van der Waals surface area contributed by atoms with E-state index in [9.17, 15) is 14.3 Å². The fraction of sp³-hybridized carbons (Fsp3) is 0.904. The van der Waals surface area contributed by atoms with Crippen molar-refractivity contribution in [3.8, 4) is 0 Å². The normalized spacial score (nSPS) is 13.7. The second-order valence-electron chi connectivity index (χ2n) is 18.9. The first kappa shape index (κ1) is 60.0. The fourth-order valence-corrected chi connectivity index (χ4v) is 8.20. The average molecular weight is 884 g/mol.